The second-order valence-corrected chi connectivity index (χ2v) is 6.41. The molecule has 0 aliphatic heterocycles. The van der Waals surface area contributed by atoms with Crippen LogP contribution < -0.4 is 10.6 Å². The van der Waals surface area contributed by atoms with Crippen LogP contribution in [0.2, 0.25) is 0 Å². The predicted octanol–water partition coefficient (Wildman–Crippen LogP) is 1.71. The molecule has 1 aromatic carbocycles. The van der Waals surface area contributed by atoms with E-state index >= 15 is 0 Å². The van der Waals surface area contributed by atoms with Crippen LogP contribution in [0.1, 0.15) is 33.3 Å². The molecule has 0 aromatic heterocycles. The molecule has 0 heterocycles. The SMILES string of the molecule is C=C(NC(=O)[C@H](Cc1ccccc1)NC(C)=O)C(=O)OC(C)(C)C. The summed E-state index contributed by atoms with van der Waals surface area (Å²) in [5, 5.41) is 4.98. The highest BCUT2D eigenvalue weighted by atomic mass is 16.6. The zero-order chi connectivity index (χ0) is 18.3. The number of carbonyl (C=O) groups excluding carboxylic acids is 3. The highest BCUT2D eigenvalue weighted by Crippen LogP contribution is 2.09. The van der Waals surface area contributed by atoms with Crippen molar-refractivity contribution in [2.24, 2.45) is 0 Å². The Morgan fingerprint density at radius 3 is 2.25 bits per heavy atom. The Labute approximate surface area is 142 Å². The van der Waals surface area contributed by atoms with Gasteiger partial charge in [0.1, 0.15) is 17.3 Å². The van der Waals surface area contributed by atoms with Crippen LogP contribution in [0.4, 0.5) is 0 Å². The van der Waals surface area contributed by atoms with E-state index in [1.54, 1.807) is 20.8 Å². The van der Waals surface area contributed by atoms with Crippen molar-refractivity contribution in [3.05, 3.63) is 48.2 Å². The van der Waals surface area contributed by atoms with Gasteiger partial charge in [0.05, 0.1) is 0 Å². The molecule has 0 bridgehead atoms. The van der Waals surface area contributed by atoms with E-state index in [9.17, 15) is 14.4 Å². The molecule has 130 valence electrons. The summed E-state index contributed by atoms with van der Waals surface area (Å²) >= 11 is 0. The predicted molar refractivity (Wildman–Crippen MR) is 90.9 cm³/mol. The molecule has 0 radical (unpaired) electrons. The fourth-order valence-corrected chi connectivity index (χ4v) is 1.93. The Morgan fingerprint density at radius 1 is 1.17 bits per heavy atom. The molecule has 1 aromatic rings. The molecule has 0 unspecified atom stereocenters. The van der Waals surface area contributed by atoms with Gasteiger partial charge in [-0.1, -0.05) is 36.9 Å². The zero-order valence-electron chi connectivity index (χ0n) is 14.5. The molecular weight excluding hydrogens is 308 g/mol. The lowest BCUT2D eigenvalue weighted by molar-refractivity contribution is -0.151. The first-order chi connectivity index (χ1) is 11.1. The molecule has 6 nitrogen and oxygen atoms in total. The monoisotopic (exact) mass is 332 g/mol. The Balaban J connectivity index is 2.76. The highest BCUT2D eigenvalue weighted by Gasteiger charge is 2.24. The standard InChI is InChI=1S/C18H24N2O4/c1-12(17(23)24-18(3,4)5)19-16(22)15(20-13(2)21)11-14-9-7-6-8-10-14/h6-10,15H,1,11H2,2-5H3,(H,19,22)(H,20,21)/t15-/m0/s1. The number of amides is 2. The number of ether oxygens (including phenoxy) is 1. The molecule has 2 N–H and O–H groups in total. The van der Waals surface area contributed by atoms with Gasteiger partial charge in [-0.15, -0.1) is 0 Å². The first kappa shape index (κ1) is 19.4. The number of hydrogen-bond donors (Lipinski definition) is 2. The van der Waals surface area contributed by atoms with Crippen molar-refractivity contribution < 1.29 is 19.1 Å². The topological polar surface area (TPSA) is 84.5 Å². The summed E-state index contributed by atoms with van der Waals surface area (Å²) in [7, 11) is 0. The molecular formula is C18H24N2O4. The molecule has 1 rings (SSSR count). The van der Waals surface area contributed by atoms with E-state index in [1.165, 1.54) is 6.92 Å². The maximum atomic E-state index is 12.4. The van der Waals surface area contributed by atoms with Crippen LogP contribution in [0.5, 0.6) is 0 Å². The van der Waals surface area contributed by atoms with E-state index in [2.05, 4.69) is 17.2 Å². The first-order valence-corrected chi connectivity index (χ1v) is 7.62. The molecule has 0 aliphatic rings. The van der Waals surface area contributed by atoms with Gasteiger partial charge in [0.25, 0.3) is 0 Å². The molecule has 0 saturated heterocycles. The number of hydrogen-bond acceptors (Lipinski definition) is 4. The molecule has 0 saturated carbocycles. The fourth-order valence-electron chi connectivity index (χ4n) is 1.93. The summed E-state index contributed by atoms with van der Waals surface area (Å²) in [4.78, 5) is 35.6. The van der Waals surface area contributed by atoms with Crippen LogP contribution in [0.15, 0.2) is 42.6 Å². The Morgan fingerprint density at radius 2 is 1.75 bits per heavy atom. The van der Waals surface area contributed by atoms with Crippen molar-refractivity contribution in [1.82, 2.24) is 10.6 Å². The molecule has 0 aliphatic carbocycles. The van der Waals surface area contributed by atoms with Gasteiger partial charge in [0, 0.05) is 13.3 Å². The minimum Gasteiger partial charge on any atom is -0.455 e. The maximum Gasteiger partial charge on any atom is 0.354 e. The lowest BCUT2D eigenvalue weighted by atomic mass is 10.1. The van der Waals surface area contributed by atoms with Crippen molar-refractivity contribution in [1.29, 1.82) is 0 Å². The molecule has 1 atom stereocenters. The van der Waals surface area contributed by atoms with E-state index in [-0.39, 0.29) is 11.6 Å². The van der Waals surface area contributed by atoms with Crippen LogP contribution in [0, 0.1) is 0 Å². The zero-order valence-corrected chi connectivity index (χ0v) is 14.5. The summed E-state index contributed by atoms with van der Waals surface area (Å²) in [6.07, 6.45) is 0.299. The van der Waals surface area contributed by atoms with Gasteiger partial charge in [-0.25, -0.2) is 4.79 Å². The van der Waals surface area contributed by atoms with Crippen LogP contribution in [0.25, 0.3) is 0 Å². The van der Waals surface area contributed by atoms with E-state index in [0.717, 1.165) is 5.56 Å². The number of benzene rings is 1. The summed E-state index contributed by atoms with van der Waals surface area (Å²) in [5.41, 5.74) is 0.0267. The molecule has 6 heteroatoms. The number of esters is 1. The van der Waals surface area contributed by atoms with Crippen molar-refractivity contribution in [2.45, 2.75) is 45.8 Å². The van der Waals surface area contributed by atoms with Crippen LogP contribution in [0.3, 0.4) is 0 Å². The Bertz CT molecular complexity index is 618. The van der Waals surface area contributed by atoms with Gasteiger partial charge in [-0.05, 0) is 26.3 Å². The average Bonchev–Trinajstić information content (AvgIpc) is 2.45. The quantitative estimate of drug-likeness (QED) is 0.613. The van der Waals surface area contributed by atoms with Crippen molar-refractivity contribution >= 4 is 17.8 Å². The van der Waals surface area contributed by atoms with Gasteiger partial charge in [-0.3, -0.25) is 9.59 Å². The third-order valence-electron chi connectivity index (χ3n) is 2.90. The van der Waals surface area contributed by atoms with E-state index in [0.29, 0.717) is 6.42 Å². The second-order valence-electron chi connectivity index (χ2n) is 6.41. The largest absolute Gasteiger partial charge is 0.455 e. The van der Waals surface area contributed by atoms with Crippen LogP contribution >= 0.6 is 0 Å². The summed E-state index contributed by atoms with van der Waals surface area (Å²) in [5.74, 6) is -1.57. The minimum absolute atomic E-state index is 0.168. The van der Waals surface area contributed by atoms with Gasteiger partial charge >= 0.3 is 5.97 Å². The van der Waals surface area contributed by atoms with E-state index < -0.39 is 23.5 Å². The van der Waals surface area contributed by atoms with Gasteiger partial charge in [0.2, 0.25) is 11.8 Å². The van der Waals surface area contributed by atoms with E-state index in [1.807, 2.05) is 30.3 Å². The van der Waals surface area contributed by atoms with Crippen molar-refractivity contribution in [3.8, 4) is 0 Å². The lowest BCUT2D eigenvalue weighted by Gasteiger charge is -2.22. The number of nitrogens with one attached hydrogen (secondary N) is 2. The summed E-state index contributed by atoms with van der Waals surface area (Å²) in [6.45, 7) is 10.0. The molecule has 24 heavy (non-hydrogen) atoms. The maximum absolute atomic E-state index is 12.4. The number of rotatable bonds is 6. The van der Waals surface area contributed by atoms with Crippen LogP contribution in [-0.4, -0.2) is 29.4 Å². The fraction of sp³-hybridized carbons (Fsp3) is 0.389. The molecule has 2 amide bonds. The van der Waals surface area contributed by atoms with Crippen molar-refractivity contribution in [3.63, 3.8) is 0 Å². The Hall–Kier alpha value is -2.63. The number of carbonyl (C=O) groups is 3. The molecule has 0 fully saturated rings. The first-order valence-electron chi connectivity index (χ1n) is 7.62. The summed E-state index contributed by atoms with van der Waals surface area (Å²) < 4.78 is 5.14. The third kappa shape index (κ3) is 7.09. The average molecular weight is 332 g/mol. The lowest BCUT2D eigenvalue weighted by Crippen LogP contribution is -2.48. The molecule has 0 spiro atoms. The highest BCUT2D eigenvalue weighted by molar-refractivity contribution is 5.96. The van der Waals surface area contributed by atoms with Crippen LogP contribution in [-0.2, 0) is 25.5 Å². The van der Waals surface area contributed by atoms with E-state index in [4.69, 9.17) is 4.74 Å². The van der Waals surface area contributed by atoms with Gasteiger partial charge < -0.3 is 15.4 Å². The smallest absolute Gasteiger partial charge is 0.354 e. The minimum atomic E-state index is -0.816. The summed E-state index contributed by atoms with van der Waals surface area (Å²) in [6, 6.07) is 8.44. The third-order valence-corrected chi connectivity index (χ3v) is 2.90. The normalized spacial score (nSPS) is 12.0. The van der Waals surface area contributed by atoms with Crippen molar-refractivity contribution in [2.75, 3.05) is 0 Å². The second kappa shape index (κ2) is 8.29. The van der Waals surface area contributed by atoms with Gasteiger partial charge in [0.15, 0.2) is 0 Å². The Kier molecular flexibility index (Phi) is 6.70. The van der Waals surface area contributed by atoms with Gasteiger partial charge in [-0.2, -0.15) is 0 Å².